The van der Waals surface area contributed by atoms with E-state index >= 15 is 0 Å². The second-order valence-electron chi connectivity index (χ2n) is 6.08. The molecule has 0 bridgehead atoms. The number of pyridine rings is 1. The zero-order valence-electron chi connectivity index (χ0n) is 14.7. The number of benzene rings is 1. The Morgan fingerprint density at radius 1 is 1.15 bits per heavy atom. The van der Waals surface area contributed by atoms with Gasteiger partial charge in [0.1, 0.15) is 5.82 Å². The Labute approximate surface area is 162 Å². The molecule has 0 atom stereocenters. The van der Waals surface area contributed by atoms with Gasteiger partial charge < -0.3 is 5.32 Å². The zero-order valence-corrected chi connectivity index (χ0v) is 16.2. The Morgan fingerprint density at radius 2 is 1.92 bits per heavy atom. The van der Waals surface area contributed by atoms with E-state index in [0.29, 0.717) is 15.9 Å². The minimum absolute atomic E-state index is 0.160. The van der Waals surface area contributed by atoms with Crippen LogP contribution in [0.2, 0.25) is 10.0 Å². The largest absolute Gasteiger partial charge is 0.310 e. The summed E-state index contributed by atoms with van der Waals surface area (Å²) in [5.41, 5.74) is 4.47. The lowest BCUT2D eigenvalue weighted by atomic mass is 10.1. The number of hydrogen-bond acceptors (Lipinski definition) is 3. The molecule has 1 amide bonds. The Bertz CT molecular complexity index is 964. The molecule has 0 saturated carbocycles. The highest BCUT2D eigenvalue weighted by atomic mass is 35.5. The number of aryl methyl sites for hydroxylation is 2. The van der Waals surface area contributed by atoms with Crippen LogP contribution in [0.15, 0.2) is 36.5 Å². The van der Waals surface area contributed by atoms with Crippen LogP contribution in [-0.4, -0.2) is 20.7 Å². The summed E-state index contributed by atoms with van der Waals surface area (Å²) in [7, 11) is 0. The van der Waals surface area contributed by atoms with Crippen molar-refractivity contribution < 1.29 is 4.79 Å². The van der Waals surface area contributed by atoms with Gasteiger partial charge in [0, 0.05) is 22.5 Å². The molecule has 0 unspecified atom stereocenters. The molecule has 0 aliphatic heterocycles. The van der Waals surface area contributed by atoms with Crippen molar-refractivity contribution in [2.75, 3.05) is 5.32 Å². The number of halogens is 2. The Kier molecular flexibility index (Phi) is 5.30. The zero-order chi connectivity index (χ0) is 18.8. The maximum absolute atomic E-state index is 12.4. The van der Waals surface area contributed by atoms with Crippen LogP contribution in [0.25, 0.3) is 5.69 Å². The fraction of sp³-hybridized carbons (Fsp3) is 0.211. The van der Waals surface area contributed by atoms with E-state index in [1.165, 1.54) is 6.20 Å². The van der Waals surface area contributed by atoms with Gasteiger partial charge in [-0.3, -0.25) is 4.79 Å². The molecule has 26 heavy (non-hydrogen) atoms. The minimum Gasteiger partial charge on any atom is -0.310 e. The normalized spacial score (nSPS) is 10.8. The van der Waals surface area contributed by atoms with Crippen molar-refractivity contribution in [2.24, 2.45) is 0 Å². The smallest absolute Gasteiger partial charge is 0.230 e. The summed E-state index contributed by atoms with van der Waals surface area (Å²) in [6.07, 6.45) is 1.70. The Balaban J connectivity index is 1.82. The number of aromatic nitrogens is 3. The first kappa shape index (κ1) is 18.4. The molecule has 1 N–H and O–H groups in total. The van der Waals surface area contributed by atoms with Crippen molar-refractivity contribution >= 4 is 34.9 Å². The molecular formula is C19H18Cl2N4O. The lowest BCUT2D eigenvalue weighted by Gasteiger charge is -2.08. The molecule has 0 saturated heterocycles. The molecule has 1 aromatic carbocycles. The fourth-order valence-corrected chi connectivity index (χ4v) is 2.98. The number of nitrogens with zero attached hydrogens (tertiary/aromatic N) is 3. The highest BCUT2D eigenvalue weighted by Gasteiger charge is 2.16. The molecule has 2 heterocycles. The van der Waals surface area contributed by atoms with E-state index in [2.05, 4.69) is 15.4 Å². The third-order valence-corrected chi connectivity index (χ3v) is 4.80. The van der Waals surface area contributed by atoms with Gasteiger partial charge >= 0.3 is 0 Å². The van der Waals surface area contributed by atoms with Gasteiger partial charge in [-0.1, -0.05) is 29.3 Å². The van der Waals surface area contributed by atoms with Crippen LogP contribution >= 0.6 is 23.2 Å². The lowest BCUT2D eigenvalue weighted by molar-refractivity contribution is -0.115. The second-order valence-corrected chi connectivity index (χ2v) is 6.92. The molecule has 0 aliphatic rings. The van der Waals surface area contributed by atoms with Crippen LogP contribution < -0.4 is 5.32 Å². The van der Waals surface area contributed by atoms with Crippen molar-refractivity contribution in [3.05, 3.63) is 69.1 Å². The van der Waals surface area contributed by atoms with E-state index in [9.17, 15) is 4.79 Å². The number of hydrogen-bond donors (Lipinski definition) is 1. The fourth-order valence-electron chi connectivity index (χ4n) is 2.69. The van der Waals surface area contributed by atoms with Gasteiger partial charge in [-0.2, -0.15) is 5.10 Å². The van der Waals surface area contributed by atoms with Crippen LogP contribution in [0.3, 0.4) is 0 Å². The lowest BCUT2D eigenvalue weighted by Crippen LogP contribution is -2.16. The Morgan fingerprint density at radius 3 is 2.58 bits per heavy atom. The summed E-state index contributed by atoms with van der Waals surface area (Å²) < 4.78 is 1.81. The maximum atomic E-state index is 12.4. The van der Waals surface area contributed by atoms with E-state index in [-0.39, 0.29) is 12.3 Å². The third-order valence-electron chi connectivity index (χ3n) is 4.17. The first-order valence-corrected chi connectivity index (χ1v) is 8.84. The molecule has 5 nitrogen and oxygen atoms in total. The molecular weight excluding hydrogens is 371 g/mol. The highest BCUT2D eigenvalue weighted by Crippen LogP contribution is 2.23. The Hall–Kier alpha value is -2.37. The summed E-state index contributed by atoms with van der Waals surface area (Å²) in [6.45, 7) is 5.78. The number of nitrogens with one attached hydrogen (secondary N) is 1. The second kappa shape index (κ2) is 7.48. The monoisotopic (exact) mass is 388 g/mol. The van der Waals surface area contributed by atoms with Gasteiger partial charge in [0.05, 0.1) is 22.8 Å². The molecule has 7 heteroatoms. The topological polar surface area (TPSA) is 59.8 Å². The van der Waals surface area contributed by atoms with Crippen LogP contribution in [0, 0.1) is 20.8 Å². The van der Waals surface area contributed by atoms with E-state index < -0.39 is 0 Å². The van der Waals surface area contributed by atoms with E-state index in [0.717, 1.165) is 28.2 Å². The van der Waals surface area contributed by atoms with Crippen LogP contribution in [0.1, 0.15) is 22.5 Å². The quantitative estimate of drug-likeness (QED) is 0.705. The van der Waals surface area contributed by atoms with E-state index in [1.807, 2.05) is 43.7 Å². The van der Waals surface area contributed by atoms with Crippen LogP contribution in [-0.2, 0) is 11.2 Å². The van der Waals surface area contributed by atoms with Crippen LogP contribution in [0.5, 0.6) is 0 Å². The van der Waals surface area contributed by atoms with Gasteiger partial charge in [-0.25, -0.2) is 9.67 Å². The third kappa shape index (κ3) is 3.89. The highest BCUT2D eigenvalue weighted by molar-refractivity contribution is 6.31. The molecule has 0 fully saturated rings. The van der Waals surface area contributed by atoms with Crippen molar-refractivity contribution in [3.63, 3.8) is 0 Å². The summed E-state index contributed by atoms with van der Waals surface area (Å²) >= 11 is 12.0. The average molecular weight is 389 g/mol. The standard InChI is InChI=1S/C19H18Cl2N4O/c1-11-4-6-15(8-17(11)21)25-13(3)16(12(2)24-25)9-19(26)23-18-7-5-14(20)10-22-18/h4-8,10H,9H2,1-3H3,(H,22,23,26). The molecule has 3 rings (SSSR count). The molecule has 0 radical (unpaired) electrons. The SMILES string of the molecule is Cc1ccc(-n2nc(C)c(CC(=O)Nc3ccc(Cl)cn3)c2C)cc1Cl. The van der Waals surface area contributed by atoms with Gasteiger partial charge in [-0.15, -0.1) is 0 Å². The molecule has 134 valence electrons. The van der Waals surface area contributed by atoms with Crippen molar-refractivity contribution in [1.82, 2.24) is 14.8 Å². The minimum atomic E-state index is -0.160. The number of amides is 1. The summed E-state index contributed by atoms with van der Waals surface area (Å²) in [4.78, 5) is 16.4. The average Bonchev–Trinajstić information content (AvgIpc) is 2.87. The van der Waals surface area contributed by atoms with Gasteiger partial charge in [-0.05, 0) is 50.6 Å². The van der Waals surface area contributed by atoms with Gasteiger partial charge in [0.2, 0.25) is 5.91 Å². The molecule has 3 aromatic rings. The van der Waals surface area contributed by atoms with Gasteiger partial charge in [0.15, 0.2) is 0 Å². The number of anilines is 1. The van der Waals surface area contributed by atoms with E-state index in [4.69, 9.17) is 23.2 Å². The molecule has 2 aromatic heterocycles. The van der Waals surface area contributed by atoms with Gasteiger partial charge in [0.25, 0.3) is 0 Å². The number of carbonyl (C=O) groups excluding carboxylic acids is 1. The summed E-state index contributed by atoms with van der Waals surface area (Å²) in [5, 5.41) is 8.54. The molecule has 0 aliphatic carbocycles. The predicted octanol–water partition coefficient (Wildman–Crippen LogP) is 4.68. The van der Waals surface area contributed by atoms with Crippen molar-refractivity contribution in [2.45, 2.75) is 27.2 Å². The van der Waals surface area contributed by atoms with Crippen molar-refractivity contribution in [3.8, 4) is 5.69 Å². The first-order valence-electron chi connectivity index (χ1n) is 8.08. The molecule has 0 spiro atoms. The number of carbonyl (C=O) groups is 1. The summed E-state index contributed by atoms with van der Waals surface area (Å²) in [6, 6.07) is 9.13. The maximum Gasteiger partial charge on any atom is 0.230 e. The van der Waals surface area contributed by atoms with Crippen LogP contribution in [0.4, 0.5) is 5.82 Å². The number of rotatable bonds is 4. The first-order chi connectivity index (χ1) is 12.3. The summed E-state index contributed by atoms with van der Waals surface area (Å²) in [5.74, 6) is 0.305. The van der Waals surface area contributed by atoms with Crippen molar-refractivity contribution in [1.29, 1.82) is 0 Å². The van der Waals surface area contributed by atoms with E-state index in [1.54, 1.807) is 12.1 Å². The predicted molar refractivity (Wildman–Crippen MR) is 104 cm³/mol.